The van der Waals surface area contributed by atoms with Gasteiger partial charge in [0.25, 0.3) is 5.22 Å². The minimum Gasteiger partial charge on any atom is -0.494 e. The Kier molecular flexibility index (Phi) is 4.75. The first-order chi connectivity index (χ1) is 10.9. The van der Waals surface area contributed by atoms with Crippen molar-refractivity contribution < 1.29 is 9.15 Å². The highest BCUT2D eigenvalue weighted by molar-refractivity contribution is 7.98. The van der Waals surface area contributed by atoms with Crippen LogP contribution in [0, 0.1) is 0 Å². The van der Waals surface area contributed by atoms with E-state index in [1.165, 1.54) is 11.8 Å². The Bertz CT molecular complexity index is 728. The number of thioether (sulfide) groups is 1. The minimum atomic E-state index is 0.543. The van der Waals surface area contributed by atoms with E-state index in [4.69, 9.17) is 9.15 Å². The van der Waals surface area contributed by atoms with Crippen LogP contribution in [-0.4, -0.2) is 16.8 Å². The van der Waals surface area contributed by atoms with Crippen molar-refractivity contribution in [2.75, 3.05) is 6.61 Å². The smallest absolute Gasteiger partial charge is 0.277 e. The molecule has 1 aromatic heterocycles. The SMILES string of the molecule is CCOc1ccccc1CSc1nnc(-c2ccccc2)o1. The second-order valence-electron chi connectivity index (χ2n) is 4.57. The molecular weight excluding hydrogens is 296 g/mol. The molecule has 2 aromatic carbocycles. The van der Waals surface area contributed by atoms with Crippen LogP contribution in [0.4, 0.5) is 0 Å². The van der Waals surface area contributed by atoms with E-state index in [-0.39, 0.29) is 0 Å². The molecule has 0 spiro atoms. The average Bonchev–Trinajstić information content (AvgIpc) is 3.04. The highest BCUT2D eigenvalue weighted by Gasteiger charge is 2.10. The molecule has 4 nitrogen and oxygen atoms in total. The number of rotatable bonds is 6. The van der Waals surface area contributed by atoms with Crippen LogP contribution in [0.15, 0.2) is 64.2 Å². The normalized spacial score (nSPS) is 10.6. The van der Waals surface area contributed by atoms with Gasteiger partial charge < -0.3 is 9.15 Å². The van der Waals surface area contributed by atoms with Crippen molar-refractivity contribution in [3.8, 4) is 17.2 Å². The van der Waals surface area contributed by atoms with Crippen molar-refractivity contribution in [3.05, 3.63) is 60.2 Å². The molecule has 112 valence electrons. The van der Waals surface area contributed by atoms with E-state index in [9.17, 15) is 0 Å². The summed E-state index contributed by atoms with van der Waals surface area (Å²) < 4.78 is 11.3. The fraction of sp³-hybridized carbons (Fsp3) is 0.176. The van der Waals surface area contributed by atoms with E-state index in [1.54, 1.807) is 0 Å². The molecule has 0 atom stereocenters. The fourth-order valence-corrected chi connectivity index (χ4v) is 2.78. The Morgan fingerprint density at radius 1 is 1.00 bits per heavy atom. The van der Waals surface area contributed by atoms with Crippen LogP contribution in [0.5, 0.6) is 5.75 Å². The van der Waals surface area contributed by atoms with Gasteiger partial charge in [0.1, 0.15) is 5.75 Å². The van der Waals surface area contributed by atoms with E-state index in [0.717, 1.165) is 22.6 Å². The van der Waals surface area contributed by atoms with Gasteiger partial charge in [-0.05, 0) is 25.1 Å². The minimum absolute atomic E-state index is 0.543. The van der Waals surface area contributed by atoms with Crippen LogP contribution in [0.25, 0.3) is 11.5 Å². The quantitative estimate of drug-likeness (QED) is 0.630. The average molecular weight is 312 g/mol. The van der Waals surface area contributed by atoms with Crippen molar-refractivity contribution >= 4 is 11.8 Å². The van der Waals surface area contributed by atoms with E-state index in [0.29, 0.717) is 17.7 Å². The molecule has 0 aliphatic carbocycles. The Hall–Kier alpha value is -2.27. The Morgan fingerprint density at radius 3 is 2.59 bits per heavy atom. The number of para-hydroxylation sites is 1. The summed E-state index contributed by atoms with van der Waals surface area (Å²) in [6.45, 7) is 2.63. The molecule has 0 N–H and O–H groups in total. The summed E-state index contributed by atoms with van der Waals surface area (Å²) in [5.74, 6) is 2.17. The third-order valence-electron chi connectivity index (χ3n) is 3.05. The van der Waals surface area contributed by atoms with Gasteiger partial charge in [-0.3, -0.25) is 0 Å². The van der Waals surface area contributed by atoms with E-state index in [2.05, 4.69) is 10.2 Å². The molecule has 5 heteroatoms. The summed E-state index contributed by atoms with van der Waals surface area (Å²) in [6, 6.07) is 17.8. The zero-order valence-electron chi connectivity index (χ0n) is 12.2. The van der Waals surface area contributed by atoms with Crippen LogP contribution in [0.3, 0.4) is 0 Å². The number of aromatic nitrogens is 2. The number of hydrogen-bond acceptors (Lipinski definition) is 5. The van der Waals surface area contributed by atoms with Gasteiger partial charge in [-0.25, -0.2) is 0 Å². The second kappa shape index (κ2) is 7.13. The van der Waals surface area contributed by atoms with Gasteiger partial charge in [0.2, 0.25) is 5.89 Å². The van der Waals surface area contributed by atoms with E-state index in [1.807, 2.05) is 61.5 Å². The van der Waals surface area contributed by atoms with Crippen LogP contribution >= 0.6 is 11.8 Å². The molecule has 0 aliphatic heterocycles. The largest absolute Gasteiger partial charge is 0.494 e. The number of nitrogens with zero attached hydrogens (tertiary/aromatic N) is 2. The third-order valence-corrected chi connectivity index (χ3v) is 3.92. The van der Waals surface area contributed by atoms with Gasteiger partial charge in [0.05, 0.1) is 6.61 Å². The van der Waals surface area contributed by atoms with E-state index < -0.39 is 0 Å². The molecule has 3 aromatic rings. The lowest BCUT2D eigenvalue weighted by Gasteiger charge is -2.08. The summed E-state index contributed by atoms with van der Waals surface area (Å²) in [5.41, 5.74) is 2.05. The first-order valence-corrected chi connectivity index (χ1v) is 8.08. The lowest BCUT2D eigenvalue weighted by molar-refractivity contribution is 0.337. The lowest BCUT2D eigenvalue weighted by atomic mass is 10.2. The van der Waals surface area contributed by atoms with E-state index >= 15 is 0 Å². The van der Waals surface area contributed by atoms with Crippen LogP contribution in [0.2, 0.25) is 0 Å². The number of ether oxygens (including phenoxy) is 1. The standard InChI is InChI=1S/C17H16N2O2S/c1-2-20-15-11-7-6-10-14(15)12-22-17-19-18-16(21-17)13-8-4-3-5-9-13/h3-11H,2,12H2,1H3. The summed E-state index contributed by atoms with van der Waals surface area (Å²) in [6.07, 6.45) is 0. The van der Waals surface area contributed by atoms with Gasteiger partial charge in [-0.15, -0.1) is 10.2 Å². The Morgan fingerprint density at radius 2 is 1.77 bits per heavy atom. The van der Waals surface area contributed by atoms with Crippen LogP contribution < -0.4 is 4.74 Å². The monoisotopic (exact) mass is 312 g/mol. The highest BCUT2D eigenvalue weighted by atomic mass is 32.2. The zero-order chi connectivity index (χ0) is 15.2. The van der Waals surface area contributed by atoms with Gasteiger partial charge in [0.15, 0.2) is 0 Å². The van der Waals surface area contributed by atoms with Crippen LogP contribution in [0.1, 0.15) is 12.5 Å². The van der Waals surface area contributed by atoms with Gasteiger partial charge >= 0.3 is 0 Å². The molecule has 0 bridgehead atoms. The number of benzene rings is 2. The Balaban J connectivity index is 1.69. The van der Waals surface area contributed by atoms with Crippen molar-refractivity contribution in [2.24, 2.45) is 0 Å². The maximum Gasteiger partial charge on any atom is 0.277 e. The van der Waals surface area contributed by atoms with Crippen LogP contribution in [-0.2, 0) is 5.75 Å². The first-order valence-electron chi connectivity index (χ1n) is 7.09. The van der Waals surface area contributed by atoms with Crippen molar-refractivity contribution in [1.82, 2.24) is 10.2 Å². The molecular formula is C17H16N2O2S. The fourth-order valence-electron chi connectivity index (χ4n) is 2.02. The molecule has 22 heavy (non-hydrogen) atoms. The summed E-state index contributed by atoms with van der Waals surface area (Å²) in [7, 11) is 0. The molecule has 3 rings (SSSR count). The van der Waals surface area contributed by atoms with Gasteiger partial charge in [-0.2, -0.15) is 0 Å². The van der Waals surface area contributed by atoms with Gasteiger partial charge in [0, 0.05) is 16.9 Å². The first kappa shape index (κ1) is 14.7. The zero-order valence-corrected chi connectivity index (χ0v) is 13.0. The molecule has 1 heterocycles. The topological polar surface area (TPSA) is 48.2 Å². The predicted molar refractivity (Wildman–Crippen MR) is 86.9 cm³/mol. The Labute approximate surface area is 133 Å². The molecule has 0 aliphatic rings. The predicted octanol–water partition coefficient (Wildman–Crippen LogP) is 4.43. The molecule has 0 saturated heterocycles. The lowest BCUT2D eigenvalue weighted by Crippen LogP contribution is -1.95. The van der Waals surface area contributed by atoms with Crippen molar-refractivity contribution in [1.29, 1.82) is 0 Å². The maximum absolute atomic E-state index is 5.69. The summed E-state index contributed by atoms with van der Waals surface area (Å²) in [5, 5.41) is 8.74. The molecule has 0 unspecified atom stereocenters. The third kappa shape index (κ3) is 3.49. The van der Waals surface area contributed by atoms with Crippen molar-refractivity contribution in [2.45, 2.75) is 17.9 Å². The summed E-state index contributed by atoms with van der Waals surface area (Å²) in [4.78, 5) is 0. The highest BCUT2D eigenvalue weighted by Crippen LogP contribution is 2.29. The maximum atomic E-state index is 5.69. The van der Waals surface area contributed by atoms with Crippen molar-refractivity contribution in [3.63, 3.8) is 0 Å². The molecule has 0 fully saturated rings. The van der Waals surface area contributed by atoms with Gasteiger partial charge in [-0.1, -0.05) is 48.2 Å². The second-order valence-corrected chi connectivity index (χ2v) is 5.50. The summed E-state index contributed by atoms with van der Waals surface area (Å²) >= 11 is 1.51. The molecule has 0 saturated carbocycles. The number of hydrogen-bond donors (Lipinski definition) is 0. The molecule has 0 amide bonds. The molecule has 0 radical (unpaired) electrons.